The normalized spacial score (nSPS) is 14.2. The molecule has 1 aliphatic rings. The molecule has 1 saturated heterocycles. The van der Waals surface area contributed by atoms with E-state index in [0.29, 0.717) is 11.0 Å². The lowest BCUT2D eigenvalue weighted by Gasteiger charge is -2.37. The summed E-state index contributed by atoms with van der Waals surface area (Å²) in [6.45, 7) is 7.97. The number of hydrogen-bond donors (Lipinski definition) is 1. The van der Waals surface area contributed by atoms with Gasteiger partial charge in [0.2, 0.25) is 5.95 Å². The third-order valence-electron chi connectivity index (χ3n) is 4.91. The third-order valence-corrected chi connectivity index (χ3v) is 5.16. The van der Waals surface area contributed by atoms with Crippen LogP contribution in [0.2, 0.25) is 5.02 Å². The predicted octanol–water partition coefficient (Wildman–Crippen LogP) is 4.82. The number of hydrogen-bond acceptors (Lipinski definition) is 5. The third kappa shape index (κ3) is 4.37. The van der Waals surface area contributed by atoms with Crippen LogP contribution in [-0.2, 0) is 0 Å². The molecule has 0 aliphatic carbocycles. The minimum atomic E-state index is 0.610. The summed E-state index contributed by atoms with van der Waals surface area (Å²) in [5.41, 5.74) is 4.46. The van der Waals surface area contributed by atoms with Crippen molar-refractivity contribution in [3.63, 3.8) is 0 Å². The van der Waals surface area contributed by atoms with Gasteiger partial charge >= 0.3 is 0 Å². The molecule has 0 amide bonds. The first kappa shape index (κ1) is 18.6. The average Bonchev–Trinajstić information content (AvgIpc) is 2.69. The zero-order chi connectivity index (χ0) is 19.5. The SMILES string of the molecule is Cc1cccc(N2CCN(c3cc(C)nc(Nc4ccc(Cl)cc4)n3)CC2)c1. The molecule has 5 nitrogen and oxygen atoms in total. The monoisotopic (exact) mass is 393 g/mol. The summed E-state index contributed by atoms with van der Waals surface area (Å²) in [5.74, 6) is 1.58. The van der Waals surface area contributed by atoms with E-state index in [4.69, 9.17) is 16.6 Å². The number of nitrogens with one attached hydrogen (secondary N) is 1. The van der Waals surface area contributed by atoms with Crippen LogP contribution in [0.4, 0.5) is 23.1 Å². The summed E-state index contributed by atoms with van der Waals surface area (Å²) in [6.07, 6.45) is 0. The first-order valence-corrected chi connectivity index (χ1v) is 9.89. The number of benzene rings is 2. The van der Waals surface area contributed by atoms with E-state index in [1.165, 1.54) is 11.3 Å². The van der Waals surface area contributed by atoms with Crippen molar-refractivity contribution in [2.24, 2.45) is 0 Å². The highest BCUT2D eigenvalue weighted by Crippen LogP contribution is 2.23. The van der Waals surface area contributed by atoms with Crippen molar-refractivity contribution < 1.29 is 0 Å². The summed E-state index contributed by atoms with van der Waals surface area (Å²) in [7, 11) is 0. The number of rotatable bonds is 4. The van der Waals surface area contributed by atoms with Crippen molar-refractivity contribution in [1.29, 1.82) is 0 Å². The van der Waals surface area contributed by atoms with Crippen molar-refractivity contribution in [1.82, 2.24) is 9.97 Å². The number of piperazine rings is 1. The number of aromatic nitrogens is 2. The van der Waals surface area contributed by atoms with Gasteiger partial charge in [0.25, 0.3) is 0 Å². The molecule has 0 atom stereocenters. The van der Waals surface area contributed by atoms with Crippen molar-refractivity contribution in [3.05, 3.63) is 70.9 Å². The molecule has 1 aliphatic heterocycles. The molecule has 0 spiro atoms. The van der Waals surface area contributed by atoms with Gasteiger partial charge in [-0.15, -0.1) is 0 Å². The lowest BCUT2D eigenvalue weighted by Crippen LogP contribution is -2.47. The van der Waals surface area contributed by atoms with Crippen LogP contribution in [0.15, 0.2) is 54.6 Å². The van der Waals surface area contributed by atoms with Crippen molar-refractivity contribution in [3.8, 4) is 0 Å². The summed E-state index contributed by atoms with van der Waals surface area (Å²) in [5, 5.41) is 3.99. The fourth-order valence-corrected chi connectivity index (χ4v) is 3.58. The molecule has 144 valence electrons. The second kappa shape index (κ2) is 8.07. The van der Waals surface area contributed by atoms with E-state index in [1.807, 2.05) is 31.2 Å². The lowest BCUT2D eigenvalue weighted by molar-refractivity contribution is 0.646. The molecular weight excluding hydrogens is 370 g/mol. The molecular formula is C22H24ClN5. The zero-order valence-corrected chi connectivity index (χ0v) is 16.9. The highest BCUT2D eigenvalue weighted by molar-refractivity contribution is 6.30. The van der Waals surface area contributed by atoms with E-state index in [2.05, 4.69) is 57.4 Å². The fourth-order valence-electron chi connectivity index (χ4n) is 3.45. The molecule has 2 aromatic carbocycles. The molecule has 4 rings (SSSR count). The van der Waals surface area contributed by atoms with E-state index < -0.39 is 0 Å². The zero-order valence-electron chi connectivity index (χ0n) is 16.2. The minimum Gasteiger partial charge on any atom is -0.368 e. The maximum absolute atomic E-state index is 5.96. The maximum Gasteiger partial charge on any atom is 0.229 e. The Morgan fingerprint density at radius 3 is 2.29 bits per heavy atom. The second-order valence-electron chi connectivity index (χ2n) is 7.14. The summed E-state index contributed by atoms with van der Waals surface area (Å²) in [6, 6.07) is 18.3. The van der Waals surface area contributed by atoms with E-state index in [9.17, 15) is 0 Å². The van der Waals surface area contributed by atoms with Gasteiger partial charge in [0.1, 0.15) is 5.82 Å². The molecule has 0 bridgehead atoms. The Bertz CT molecular complexity index is 949. The van der Waals surface area contributed by atoms with Gasteiger partial charge in [-0.3, -0.25) is 0 Å². The molecule has 1 aromatic heterocycles. The van der Waals surface area contributed by atoms with Crippen LogP contribution in [-0.4, -0.2) is 36.1 Å². The van der Waals surface area contributed by atoms with Crippen LogP contribution in [0.5, 0.6) is 0 Å². The Morgan fingerprint density at radius 2 is 1.57 bits per heavy atom. The van der Waals surface area contributed by atoms with Gasteiger partial charge < -0.3 is 15.1 Å². The highest BCUT2D eigenvalue weighted by atomic mass is 35.5. The van der Waals surface area contributed by atoms with Crippen molar-refractivity contribution in [2.45, 2.75) is 13.8 Å². The van der Waals surface area contributed by atoms with Crippen LogP contribution in [0, 0.1) is 13.8 Å². The van der Waals surface area contributed by atoms with E-state index >= 15 is 0 Å². The number of anilines is 4. The summed E-state index contributed by atoms with van der Waals surface area (Å²) < 4.78 is 0. The van der Waals surface area contributed by atoms with Gasteiger partial charge in [-0.1, -0.05) is 23.7 Å². The molecule has 3 aromatic rings. The van der Waals surface area contributed by atoms with Crippen molar-refractivity contribution in [2.75, 3.05) is 41.3 Å². The molecule has 6 heteroatoms. The number of halogens is 1. The molecule has 2 heterocycles. The summed E-state index contributed by atoms with van der Waals surface area (Å²) in [4.78, 5) is 14.0. The second-order valence-corrected chi connectivity index (χ2v) is 7.57. The van der Waals surface area contributed by atoms with Gasteiger partial charge in [-0.2, -0.15) is 4.98 Å². The Hall–Kier alpha value is -2.79. The van der Waals surface area contributed by atoms with Crippen LogP contribution in [0.3, 0.4) is 0 Å². The quantitative estimate of drug-likeness (QED) is 0.688. The first-order valence-electron chi connectivity index (χ1n) is 9.52. The number of nitrogens with zero attached hydrogens (tertiary/aromatic N) is 4. The first-order chi connectivity index (χ1) is 13.6. The topological polar surface area (TPSA) is 44.3 Å². The molecule has 0 unspecified atom stereocenters. The number of aryl methyl sites for hydroxylation is 2. The van der Waals surface area contributed by atoms with Crippen LogP contribution in [0.1, 0.15) is 11.3 Å². The minimum absolute atomic E-state index is 0.610. The molecule has 28 heavy (non-hydrogen) atoms. The Morgan fingerprint density at radius 1 is 0.857 bits per heavy atom. The molecule has 0 saturated carbocycles. The fraction of sp³-hybridized carbons (Fsp3) is 0.273. The standard InChI is InChI=1S/C22H24ClN5/c1-16-4-3-5-20(14-16)27-10-12-28(13-11-27)21-15-17(2)24-22(26-21)25-19-8-6-18(23)7-9-19/h3-9,14-15H,10-13H2,1-2H3,(H,24,25,26). The molecule has 1 fully saturated rings. The van der Waals surface area contributed by atoms with Crippen molar-refractivity contribution >= 4 is 34.7 Å². The van der Waals surface area contributed by atoms with E-state index in [0.717, 1.165) is 43.4 Å². The van der Waals surface area contributed by atoms with Gasteiger partial charge in [-0.25, -0.2) is 4.98 Å². The molecule has 1 N–H and O–H groups in total. The lowest BCUT2D eigenvalue weighted by atomic mass is 10.2. The largest absolute Gasteiger partial charge is 0.368 e. The Balaban J connectivity index is 1.46. The van der Waals surface area contributed by atoms with Gasteiger partial charge in [0.15, 0.2) is 0 Å². The average molecular weight is 394 g/mol. The summed E-state index contributed by atoms with van der Waals surface area (Å²) >= 11 is 5.96. The predicted molar refractivity (Wildman–Crippen MR) is 117 cm³/mol. The van der Waals surface area contributed by atoms with Gasteiger partial charge in [0.05, 0.1) is 0 Å². The van der Waals surface area contributed by atoms with Crippen LogP contribution in [0.25, 0.3) is 0 Å². The van der Waals surface area contributed by atoms with Crippen LogP contribution >= 0.6 is 11.6 Å². The maximum atomic E-state index is 5.96. The highest BCUT2D eigenvalue weighted by Gasteiger charge is 2.19. The van der Waals surface area contributed by atoms with E-state index in [1.54, 1.807) is 0 Å². The van der Waals surface area contributed by atoms with E-state index in [-0.39, 0.29) is 0 Å². The smallest absolute Gasteiger partial charge is 0.229 e. The van der Waals surface area contributed by atoms with Gasteiger partial charge in [0, 0.05) is 54.3 Å². The van der Waals surface area contributed by atoms with Crippen LogP contribution < -0.4 is 15.1 Å². The Labute approximate surface area is 171 Å². The van der Waals surface area contributed by atoms with Gasteiger partial charge in [-0.05, 0) is 55.8 Å². The molecule has 0 radical (unpaired) electrons. The Kier molecular flexibility index (Phi) is 5.35.